The summed E-state index contributed by atoms with van der Waals surface area (Å²) in [6, 6.07) is 5.41. The number of fused-ring (bicyclic) bond motifs is 1. The van der Waals surface area contributed by atoms with E-state index in [1.807, 2.05) is 13.8 Å². The maximum absolute atomic E-state index is 14.5. The molecule has 10 heteroatoms. The van der Waals surface area contributed by atoms with Crippen molar-refractivity contribution in [2.75, 3.05) is 31.8 Å². The van der Waals surface area contributed by atoms with Crippen molar-refractivity contribution in [3.63, 3.8) is 0 Å². The summed E-state index contributed by atoms with van der Waals surface area (Å²) < 4.78 is 17.2. The molecule has 3 aliphatic rings. The fourth-order valence-corrected chi connectivity index (χ4v) is 7.37. The third-order valence-electron chi connectivity index (χ3n) is 7.83. The number of ether oxygens (including phenoxy) is 3. The number of methoxy groups -OCH3 is 1. The predicted octanol–water partition coefficient (Wildman–Crippen LogP) is 2.93. The predicted molar refractivity (Wildman–Crippen MR) is 145 cm³/mol. The maximum atomic E-state index is 14.5. The van der Waals surface area contributed by atoms with Gasteiger partial charge in [-0.25, -0.2) is 0 Å². The summed E-state index contributed by atoms with van der Waals surface area (Å²) in [7, 11) is 1.57. The van der Waals surface area contributed by atoms with Crippen LogP contribution < -0.4 is 9.64 Å². The molecule has 0 aliphatic carbocycles. The topological polar surface area (TPSA) is 106 Å². The highest BCUT2D eigenvalue weighted by Crippen LogP contribution is 2.61. The van der Waals surface area contributed by atoms with E-state index in [0.717, 1.165) is 0 Å². The lowest BCUT2D eigenvalue weighted by molar-refractivity contribution is -0.155. The molecule has 7 atom stereocenters. The van der Waals surface area contributed by atoms with Crippen LogP contribution in [0.3, 0.4) is 0 Å². The van der Waals surface area contributed by atoms with Crippen molar-refractivity contribution in [1.29, 1.82) is 0 Å². The Morgan fingerprint density at radius 2 is 2.03 bits per heavy atom. The van der Waals surface area contributed by atoms with E-state index in [-0.39, 0.29) is 42.3 Å². The summed E-state index contributed by atoms with van der Waals surface area (Å²) in [6.07, 6.45) is 1.90. The number of likely N-dealkylation sites (tertiary alicyclic amines) is 1. The molecule has 4 rings (SSSR count). The van der Waals surface area contributed by atoms with E-state index in [9.17, 15) is 19.5 Å². The van der Waals surface area contributed by atoms with Crippen LogP contribution in [0.5, 0.6) is 5.75 Å². The zero-order chi connectivity index (χ0) is 27.8. The van der Waals surface area contributed by atoms with E-state index in [4.69, 9.17) is 14.2 Å². The average Bonchev–Trinajstić information content (AvgIpc) is 3.49. The summed E-state index contributed by atoms with van der Waals surface area (Å²) in [4.78, 5) is 44.7. The standard InChI is InChI=1S/C28H37BrN2O7/c1-6-12-30(17-8-10-19(36-5)11-9-17)26(34)24-28-14-20(29)23(38-28)21(27(35)37-7-2)22(28)25(33)31(24)18(15-32)13-16(3)4/h6,8-11,16,18,20-24,32H,1,7,12-15H2,2-5H3/t18-,20?,21-,22+,23-,24?,28?/m1/s1. The molecule has 1 aromatic carbocycles. The number of benzene rings is 1. The Morgan fingerprint density at radius 1 is 1.34 bits per heavy atom. The first-order valence-corrected chi connectivity index (χ1v) is 14.0. The van der Waals surface area contributed by atoms with E-state index >= 15 is 0 Å². The number of rotatable bonds is 11. The lowest BCUT2D eigenvalue weighted by Crippen LogP contribution is -2.59. The van der Waals surface area contributed by atoms with Crippen molar-refractivity contribution in [3.05, 3.63) is 36.9 Å². The summed E-state index contributed by atoms with van der Waals surface area (Å²) in [5.74, 6) is -2.12. The summed E-state index contributed by atoms with van der Waals surface area (Å²) in [6.45, 7) is 9.60. The molecule has 3 unspecified atom stereocenters. The van der Waals surface area contributed by atoms with Crippen LogP contribution in [0, 0.1) is 17.8 Å². The molecule has 38 heavy (non-hydrogen) atoms. The van der Waals surface area contributed by atoms with Crippen LogP contribution >= 0.6 is 15.9 Å². The van der Waals surface area contributed by atoms with Crippen molar-refractivity contribution in [3.8, 4) is 5.75 Å². The molecule has 0 aromatic heterocycles. The summed E-state index contributed by atoms with van der Waals surface area (Å²) in [5, 5.41) is 10.4. The van der Waals surface area contributed by atoms with Gasteiger partial charge >= 0.3 is 5.97 Å². The first-order chi connectivity index (χ1) is 18.1. The van der Waals surface area contributed by atoms with Gasteiger partial charge in [0.1, 0.15) is 17.4 Å². The van der Waals surface area contributed by atoms with Gasteiger partial charge in [0.2, 0.25) is 5.91 Å². The number of hydrogen-bond donors (Lipinski definition) is 1. The van der Waals surface area contributed by atoms with E-state index < -0.39 is 41.6 Å². The molecule has 3 saturated heterocycles. The normalized spacial score (nSPS) is 30.3. The number of nitrogens with zero attached hydrogens (tertiary/aromatic N) is 2. The number of esters is 1. The van der Waals surface area contributed by atoms with Crippen LogP contribution in [0.25, 0.3) is 0 Å². The number of carbonyl (C=O) groups excluding carboxylic acids is 3. The number of anilines is 1. The van der Waals surface area contributed by atoms with E-state index in [1.54, 1.807) is 49.3 Å². The largest absolute Gasteiger partial charge is 0.497 e. The zero-order valence-corrected chi connectivity index (χ0v) is 23.9. The van der Waals surface area contributed by atoms with Crippen molar-refractivity contribution in [1.82, 2.24) is 4.90 Å². The fourth-order valence-electron chi connectivity index (χ4n) is 6.43. The SMILES string of the molecule is C=CCN(C(=O)C1N([C@@H](CO)CC(C)C)C(=O)[C@@H]2[C@@H](C(=O)OCC)[C@@H]3OC12CC3Br)c1ccc(OC)cc1. The van der Waals surface area contributed by atoms with E-state index in [0.29, 0.717) is 24.3 Å². The molecule has 0 radical (unpaired) electrons. The zero-order valence-electron chi connectivity index (χ0n) is 22.3. The highest BCUT2D eigenvalue weighted by Gasteiger charge is 2.77. The van der Waals surface area contributed by atoms with Gasteiger partial charge in [0.15, 0.2) is 0 Å². The maximum Gasteiger partial charge on any atom is 0.312 e. The van der Waals surface area contributed by atoms with Crippen LogP contribution in [0.1, 0.15) is 33.6 Å². The molecule has 1 aromatic rings. The van der Waals surface area contributed by atoms with Gasteiger partial charge in [-0.3, -0.25) is 14.4 Å². The van der Waals surface area contributed by atoms with Crippen LogP contribution in [-0.2, 0) is 23.9 Å². The number of halogens is 1. The molecule has 9 nitrogen and oxygen atoms in total. The average molecular weight is 594 g/mol. The molecular weight excluding hydrogens is 556 g/mol. The van der Waals surface area contributed by atoms with E-state index in [1.165, 1.54) is 4.90 Å². The molecule has 1 spiro atoms. The highest BCUT2D eigenvalue weighted by molar-refractivity contribution is 9.09. The molecule has 208 valence electrons. The van der Waals surface area contributed by atoms with Crippen molar-refractivity contribution >= 4 is 39.4 Å². The van der Waals surface area contributed by atoms with Gasteiger partial charge in [0.05, 0.1) is 44.3 Å². The Hall–Kier alpha value is -2.43. The van der Waals surface area contributed by atoms with Gasteiger partial charge in [-0.1, -0.05) is 35.9 Å². The Kier molecular flexibility index (Phi) is 8.54. The first-order valence-electron chi connectivity index (χ1n) is 13.1. The smallest absolute Gasteiger partial charge is 0.312 e. The molecule has 2 amide bonds. The molecule has 3 aliphatic heterocycles. The number of aliphatic hydroxyl groups excluding tert-OH is 1. The Morgan fingerprint density at radius 3 is 2.58 bits per heavy atom. The van der Waals surface area contributed by atoms with Gasteiger partial charge < -0.3 is 29.1 Å². The number of alkyl halides is 1. The highest BCUT2D eigenvalue weighted by atomic mass is 79.9. The molecule has 3 heterocycles. The third-order valence-corrected chi connectivity index (χ3v) is 8.67. The first kappa shape index (κ1) is 28.6. The molecule has 0 saturated carbocycles. The minimum Gasteiger partial charge on any atom is -0.497 e. The van der Waals surface area contributed by atoms with Gasteiger partial charge in [0.25, 0.3) is 5.91 Å². The lowest BCUT2D eigenvalue weighted by Gasteiger charge is -2.39. The van der Waals surface area contributed by atoms with E-state index in [2.05, 4.69) is 22.5 Å². The Balaban J connectivity index is 1.83. The van der Waals surface area contributed by atoms with Gasteiger partial charge in [-0.15, -0.1) is 6.58 Å². The Bertz CT molecular complexity index is 1060. The van der Waals surface area contributed by atoms with Crippen LogP contribution in [0.4, 0.5) is 5.69 Å². The van der Waals surface area contributed by atoms with Crippen LogP contribution in [-0.4, -0.2) is 83.3 Å². The minimum absolute atomic E-state index is 0.154. The third kappa shape index (κ3) is 4.64. The van der Waals surface area contributed by atoms with Crippen LogP contribution in [0.15, 0.2) is 36.9 Å². The van der Waals surface area contributed by atoms with Crippen molar-refractivity contribution in [2.24, 2.45) is 17.8 Å². The van der Waals surface area contributed by atoms with Crippen LogP contribution in [0.2, 0.25) is 0 Å². The number of amides is 2. The second kappa shape index (κ2) is 11.4. The van der Waals surface area contributed by atoms with Crippen molar-refractivity contribution < 1.29 is 33.7 Å². The summed E-state index contributed by atoms with van der Waals surface area (Å²) >= 11 is 3.66. The van der Waals surface area contributed by atoms with Gasteiger partial charge in [-0.05, 0) is 49.9 Å². The minimum atomic E-state index is -1.24. The van der Waals surface area contributed by atoms with Gasteiger partial charge in [-0.2, -0.15) is 0 Å². The van der Waals surface area contributed by atoms with Crippen molar-refractivity contribution in [2.45, 2.75) is 62.2 Å². The monoisotopic (exact) mass is 592 g/mol. The number of aliphatic hydroxyl groups is 1. The molecule has 2 bridgehead atoms. The fraction of sp³-hybridized carbons (Fsp3) is 0.607. The number of carbonyl (C=O) groups is 3. The quantitative estimate of drug-likeness (QED) is 0.239. The lowest BCUT2D eigenvalue weighted by atomic mass is 9.70. The molecule has 3 fully saturated rings. The molecular formula is C28H37BrN2O7. The summed E-state index contributed by atoms with van der Waals surface area (Å²) in [5.41, 5.74) is -0.627. The van der Waals surface area contributed by atoms with Gasteiger partial charge in [0, 0.05) is 17.1 Å². The Labute approximate surface area is 232 Å². The second-order valence-corrected chi connectivity index (χ2v) is 11.7. The number of hydrogen-bond acceptors (Lipinski definition) is 7. The second-order valence-electron chi connectivity index (χ2n) is 10.6. The molecule has 1 N–H and O–H groups in total.